The molecule has 0 spiro atoms. The summed E-state index contributed by atoms with van der Waals surface area (Å²) < 4.78 is 5.06. The fraction of sp³-hybridized carbons (Fsp3) is 0.188. The monoisotopic (exact) mass is 310 g/mol. The van der Waals surface area contributed by atoms with Crippen molar-refractivity contribution in [3.63, 3.8) is 0 Å². The molecule has 116 valence electrons. The molecule has 0 saturated heterocycles. The molecule has 4 rings (SSSR count). The molecule has 7 heteroatoms. The molecule has 2 aromatic rings. The third-order valence-electron chi connectivity index (χ3n) is 3.94. The Morgan fingerprint density at radius 3 is 3.00 bits per heavy atom. The molecular weight excluding hydrogens is 296 g/mol. The van der Waals surface area contributed by atoms with Gasteiger partial charge in [-0.25, -0.2) is 0 Å². The highest BCUT2D eigenvalue weighted by molar-refractivity contribution is 6.19. The quantitative estimate of drug-likeness (QED) is 0.917. The van der Waals surface area contributed by atoms with E-state index in [0.717, 1.165) is 12.2 Å². The predicted molar refractivity (Wildman–Crippen MR) is 84.8 cm³/mol. The molecule has 0 unspecified atom stereocenters. The third kappa shape index (κ3) is 2.09. The molecule has 3 heterocycles. The van der Waals surface area contributed by atoms with E-state index in [1.807, 2.05) is 11.0 Å². The minimum absolute atomic E-state index is 0.133. The summed E-state index contributed by atoms with van der Waals surface area (Å²) in [7, 11) is 1.70. The number of amides is 2. The summed E-state index contributed by atoms with van der Waals surface area (Å²) in [5.74, 6) is 0.413. The number of guanidine groups is 1. The molecule has 1 aromatic heterocycles. The zero-order valence-electron chi connectivity index (χ0n) is 12.4. The number of rotatable bonds is 2. The normalized spacial score (nSPS) is 16.0. The van der Waals surface area contributed by atoms with Gasteiger partial charge >= 0.3 is 0 Å². The number of carbonyl (C=O) groups excluding carboxylic acids is 2. The van der Waals surface area contributed by atoms with Crippen molar-refractivity contribution < 1.29 is 14.0 Å². The predicted octanol–water partition coefficient (Wildman–Crippen LogP) is 1.79. The lowest BCUT2D eigenvalue weighted by Crippen LogP contribution is -2.48. The van der Waals surface area contributed by atoms with Gasteiger partial charge < -0.3 is 14.6 Å². The van der Waals surface area contributed by atoms with Crippen LogP contribution >= 0.6 is 0 Å². The van der Waals surface area contributed by atoms with E-state index in [1.54, 1.807) is 31.3 Å². The molecule has 0 aliphatic carbocycles. The van der Waals surface area contributed by atoms with Gasteiger partial charge in [0.15, 0.2) is 5.76 Å². The van der Waals surface area contributed by atoms with Gasteiger partial charge in [0.05, 0.1) is 24.1 Å². The van der Waals surface area contributed by atoms with E-state index in [-0.39, 0.29) is 17.6 Å². The smallest absolute Gasteiger partial charge is 0.291 e. The molecule has 0 saturated carbocycles. The van der Waals surface area contributed by atoms with Crippen molar-refractivity contribution >= 4 is 29.1 Å². The molecule has 2 amide bonds. The maximum Gasteiger partial charge on any atom is 0.291 e. The highest BCUT2D eigenvalue weighted by Crippen LogP contribution is 2.32. The Morgan fingerprint density at radius 2 is 2.22 bits per heavy atom. The molecule has 0 atom stereocenters. The summed E-state index contributed by atoms with van der Waals surface area (Å²) in [5, 5.41) is 2.74. The zero-order chi connectivity index (χ0) is 16.0. The van der Waals surface area contributed by atoms with E-state index in [2.05, 4.69) is 10.3 Å². The first-order valence-electron chi connectivity index (χ1n) is 7.24. The van der Waals surface area contributed by atoms with Gasteiger partial charge in [-0.15, -0.1) is 0 Å². The largest absolute Gasteiger partial charge is 0.459 e. The van der Waals surface area contributed by atoms with Gasteiger partial charge in [-0.1, -0.05) is 0 Å². The van der Waals surface area contributed by atoms with Gasteiger partial charge in [0.25, 0.3) is 11.8 Å². The summed E-state index contributed by atoms with van der Waals surface area (Å²) in [6.45, 7) is 1.42. The summed E-state index contributed by atoms with van der Waals surface area (Å²) >= 11 is 0. The number of hydrogen-bond donors (Lipinski definition) is 1. The topological polar surface area (TPSA) is 78.2 Å². The van der Waals surface area contributed by atoms with Crippen LogP contribution < -0.4 is 10.2 Å². The number of furan rings is 1. The number of anilines is 2. The van der Waals surface area contributed by atoms with Gasteiger partial charge in [0.1, 0.15) is 0 Å². The maximum absolute atomic E-state index is 12.5. The molecule has 1 aromatic carbocycles. The second-order valence-electron chi connectivity index (χ2n) is 5.36. The van der Waals surface area contributed by atoms with Gasteiger partial charge in [0, 0.05) is 19.3 Å². The fourth-order valence-electron chi connectivity index (χ4n) is 2.84. The van der Waals surface area contributed by atoms with Gasteiger partial charge in [-0.05, 0) is 30.3 Å². The highest BCUT2D eigenvalue weighted by atomic mass is 16.3. The molecular formula is C16H14N4O3. The van der Waals surface area contributed by atoms with Gasteiger partial charge in [-0.2, -0.15) is 0 Å². The summed E-state index contributed by atoms with van der Waals surface area (Å²) in [4.78, 5) is 32.5. The van der Waals surface area contributed by atoms with E-state index >= 15 is 0 Å². The van der Waals surface area contributed by atoms with Crippen LogP contribution in [-0.4, -0.2) is 42.8 Å². The molecule has 23 heavy (non-hydrogen) atoms. The van der Waals surface area contributed by atoms with Crippen molar-refractivity contribution in [3.8, 4) is 0 Å². The third-order valence-corrected chi connectivity index (χ3v) is 3.94. The molecule has 0 bridgehead atoms. The van der Waals surface area contributed by atoms with E-state index in [0.29, 0.717) is 23.8 Å². The van der Waals surface area contributed by atoms with Crippen LogP contribution in [0.3, 0.4) is 0 Å². The van der Waals surface area contributed by atoms with Crippen LogP contribution in [0.2, 0.25) is 0 Å². The molecule has 0 fully saturated rings. The molecule has 0 radical (unpaired) electrons. The molecule has 7 nitrogen and oxygen atoms in total. The second kappa shape index (κ2) is 4.98. The summed E-state index contributed by atoms with van der Waals surface area (Å²) in [6, 6.07) is 8.52. The lowest BCUT2D eigenvalue weighted by atomic mass is 10.1. The number of carbonyl (C=O) groups is 2. The number of fused-ring (bicyclic) bond motifs is 3. The Bertz CT molecular complexity index is 826. The Labute approximate surface area is 132 Å². The number of nitrogens with zero attached hydrogens (tertiary/aromatic N) is 3. The number of nitrogens with one attached hydrogen (secondary N) is 1. The second-order valence-corrected chi connectivity index (χ2v) is 5.36. The number of hydrogen-bond acceptors (Lipinski definition) is 5. The van der Waals surface area contributed by atoms with Gasteiger partial charge in [0.2, 0.25) is 5.96 Å². The van der Waals surface area contributed by atoms with Crippen molar-refractivity contribution in [2.75, 3.05) is 30.4 Å². The van der Waals surface area contributed by atoms with Crippen LogP contribution in [-0.2, 0) is 0 Å². The van der Waals surface area contributed by atoms with E-state index in [9.17, 15) is 9.59 Å². The van der Waals surface area contributed by atoms with Crippen LogP contribution in [0.1, 0.15) is 20.9 Å². The van der Waals surface area contributed by atoms with Crippen molar-refractivity contribution in [1.82, 2.24) is 4.90 Å². The molecule has 1 N–H and O–H groups in total. The number of aliphatic imine (C=N–C) groups is 1. The lowest BCUT2D eigenvalue weighted by molar-refractivity contribution is 0.0865. The van der Waals surface area contributed by atoms with E-state index in [4.69, 9.17) is 4.42 Å². The van der Waals surface area contributed by atoms with Crippen LogP contribution in [0, 0.1) is 0 Å². The first-order chi connectivity index (χ1) is 11.1. The first kappa shape index (κ1) is 13.6. The minimum Gasteiger partial charge on any atom is -0.459 e. The Morgan fingerprint density at radius 1 is 1.35 bits per heavy atom. The SMILES string of the molecule is CN1C(=O)c2cc(NC(=O)c3ccco3)ccc2N2CCN=C12. The average Bonchev–Trinajstić information content (AvgIpc) is 3.23. The Balaban J connectivity index is 1.67. The van der Waals surface area contributed by atoms with E-state index < -0.39 is 0 Å². The maximum atomic E-state index is 12.5. The van der Waals surface area contributed by atoms with Crippen molar-refractivity contribution in [1.29, 1.82) is 0 Å². The van der Waals surface area contributed by atoms with Crippen LogP contribution in [0.5, 0.6) is 0 Å². The average molecular weight is 310 g/mol. The molecule has 2 aliphatic heterocycles. The highest BCUT2D eigenvalue weighted by Gasteiger charge is 2.35. The fourth-order valence-corrected chi connectivity index (χ4v) is 2.84. The van der Waals surface area contributed by atoms with Crippen molar-refractivity contribution in [2.45, 2.75) is 0 Å². The van der Waals surface area contributed by atoms with Gasteiger partial charge in [-0.3, -0.25) is 19.5 Å². The van der Waals surface area contributed by atoms with Crippen LogP contribution in [0.15, 0.2) is 46.0 Å². The van der Waals surface area contributed by atoms with E-state index in [1.165, 1.54) is 11.2 Å². The Kier molecular flexibility index (Phi) is 2.94. The number of benzene rings is 1. The van der Waals surface area contributed by atoms with Crippen molar-refractivity contribution in [3.05, 3.63) is 47.9 Å². The first-order valence-corrected chi connectivity index (χ1v) is 7.24. The summed E-state index contributed by atoms with van der Waals surface area (Å²) in [5.41, 5.74) is 1.91. The van der Waals surface area contributed by atoms with Crippen LogP contribution in [0.25, 0.3) is 0 Å². The standard InChI is InChI=1S/C16H14N4O3/c1-19-15(22)11-9-10(18-14(21)13-3-2-8-23-13)4-5-12(11)20-7-6-17-16(19)20/h2-5,8-9H,6-7H2,1H3,(H,18,21). The molecule has 2 aliphatic rings. The zero-order valence-corrected chi connectivity index (χ0v) is 12.4. The van der Waals surface area contributed by atoms with Crippen molar-refractivity contribution in [2.24, 2.45) is 4.99 Å². The summed E-state index contributed by atoms with van der Waals surface area (Å²) in [6.07, 6.45) is 1.44. The minimum atomic E-state index is -0.352. The Hall–Kier alpha value is -3.09. The van der Waals surface area contributed by atoms with Crippen LogP contribution in [0.4, 0.5) is 11.4 Å². The lowest BCUT2D eigenvalue weighted by Gasteiger charge is -2.33.